The number of aryl methyl sites for hydroxylation is 1. The minimum atomic E-state index is -1.06. The average molecular weight is 556 g/mol. The number of ketones is 1. The van der Waals surface area contributed by atoms with Gasteiger partial charge in [-0.3, -0.25) is 4.79 Å². The molecule has 0 saturated heterocycles. The zero-order chi connectivity index (χ0) is 29.2. The van der Waals surface area contributed by atoms with Crippen molar-refractivity contribution in [2.24, 2.45) is 0 Å². The van der Waals surface area contributed by atoms with E-state index in [9.17, 15) is 14.7 Å². The zero-order valence-electron chi connectivity index (χ0n) is 23.3. The number of allylic oxidation sites excluding steroid dienone is 1. The molecule has 0 aliphatic rings. The Balaban J connectivity index is 1.41. The van der Waals surface area contributed by atoms with Gasteiger partial charge in [-0.1, -0.05) is 42.5 Å². The molecule has 3 aromatic carbocycles. The van der Waals surface area contributed by atoms with Gasteiger partial charge in [-0.05, 0) is 69.2 Å². The lowest BCUT2D eigenvalue weighted by atomic mass is 10.1. The monoisotopic (exact) mass is 555 g/mol. The molecule has 0 radical (unpaired) electrons. The van der Waals surface area contributed by atoms with Crippen molar-refractivity contribution >= 4 is 17.8 Å². The van der Waals surface area contributed by atoms with Gasteiger partial charge in [0.15, 0.2) is 23.4 Å². The van der Waals surface area contributed by atoms with Crippen molar-refractivity contribution in [1.29, 1.82) is 0 Å². The van der Waals surface area contributed by atoms with Gasteiger partial charge < -0.3 is 23.7 Å². The van der Waals surface area contributed by atoms with Crippen molar-refractivity contribution in [2.75, 3.05) is 13.7 Å². The number of rotatable bonds is 14. The first kappa shape index (κ1) is 29.1. The highest BCUT2D eigenvalue weighted by atomic mass is 16.5. The molecule has 4 aromatic rings. The molecule has 8 nitrogen and oxygen atoms in total. The molecular formula is C33H33NO7. The lowest BCUT2D eigenvalue weighted by Gasteiger charge is -2.16. The number of benzene rings is 3. The van der Waals surface area contributed by atoms with Crippen LogP contribution in [0.4, 0.5) is 0 Å². The first-order valence-electron chi connectivity index (χ1n) is 13.3. The standard InChI is InChI=1S/C33H33NO7/c1-22(35)25-17-18-28(39-20-19-27-23(2)40-32(34-27)24-11-5-4-6-12-24)26(21-25)13-7-8-16-31(33(36)37)41-30-15-10-9-14-29(30)38-3/h4-7,9-15,17-18,21,31H,8,16,19-20H2,1-3H3,(H,36,37)/b13-7+. The number of ether oxygens (including phenoxy) is 3. The van der Waals surface area contributed by atoms with Gasteiger partial charge in [0.2, 0.25) is 5.89 Å². The maximum Gasteiger partial charge on any atom is 0.344 e. The van der Waals surface area contributed by atoms with Crippen LogP contribution >= 0.6 is 0 Å². The molecule has 41 heavy (non-hydrogen) atoms. The van der Waals surface area contributed by atoms with Crippen molar-refractivity contribution in [3.63, 3.8) is 0 Å². The third-order valence-corrected chi connectivity index (χ3v) is 6.43. The van der Waals surface area contributed by atoms with Gasteiger partial charge in [-0.25, -0.2) is 9.78 Å². The van der Waals surface area contributed by atoms with Gasteiger partial charge in [0, 0.05) is 23.1 Å². The molecule has 0 saturated carbocycles. The van der Waals surface area contributed by atoms with E-state index in [1.54, 1.807) is 42.5 Å². The molecule has 0 aliphatic carbocycles. The number of aliphatic carboxylic acids is 1. The molecule has 0 aliphatic heterocycles. The normalized spacial score (nSPS) is 11.8. The number of hydrogen-bond acceptors (Lipinski definition) is 7. The van der Waals surface area contributed by atoms with E-state index in [1.165, 1.54) is 14.0 Å². The molecule has 4 rings (SSSR count). The van der Waals surface area contributed by atoms with E-state index in [-0.39, 0.29) is 12.2 Å². The molecule has 0 bridgehead atoms. The maximum atomic E-state index is 12.0. The van der Waals surface area contributed by atoms with Gasteiger partial charge in [-0.2, -0.15) is 0 Å². The second kappa shape index (κ2) is 14.0. The Bertz CT molecular complexity index is 1510. The van der Waals surface area contributed by atoms with Crippen molar-refractivity contribution in [3.8, 4) is 28.7 Å². The molecule has 1 aromatic heterocycles. The topological polar surface area (TPSA) is 108 Å². The predicted octanol–water partition coefficient (Wildman–Crippen LogP) is 6.81. The second-order valence-corrected chi connectivity index (χ2v) is 9.37. The third kappa shape index (κ3) is 7.85. The molecule has 1 unspecified atom stereocenters. The van der Waals surface area contributed by atoms with Crippen LogP contribution in [0.25, 0.3) is 17.5 Å². The van der Waals surface area contributed by atoms with E-state index in [4.69, 9.17) is 18.6 Å². The van der Waals surface area contributed by atoms with Crippen LogP contribution in [0.15, 0.2) is 83.3 Å². The van der Waals surface area contributed by atoms with Crippen molar-refractivity contribution in [2.45, 2.75) is 39.2 Å². The average Bonchev–Trinajstić information content (AvgIpc) is 3.35. The fourth-order valence-corrected chi connectivity index (χ4v) is 4.21. The molecular weight excluding hydrogens is 522 g/mol. The Morgan fingerprint density at radius 1 is 1.00 bits per heavy atom. The number of carbonyl (C=O) groups excluding carboxylic acids is 1. The van der Waals surface area contributed by atoms with Crippen LogP contribution in [0.5, 0.6) is 17.2 Å². The highest BCUT2D eigenvalue weighted by Crippen LogP contribution is 2.28. The quantitative estimate of drug-likeness (QED) is 0.169. The van der Waals surface area contributed by atoms with Gasteiger partial charge in [0.05, 0.1) is 19.4 Å². The van der Waals surface area contributed by atoms with Crippen molar-refractivity contribution in [3.05, 3.63) is 101 Å². The van der Waals surface area contributed by atoms with E-state index >= 15 is 0 Å². The first-order valence-corrected chi connectivity index (χ1v) is 13.3. The number of nitrogens with zero attached hydrogens (tertiary/aromatic N) is 1. The number of oxazole rings is 1. The van der Waals surface area contributed by atoms with E-state index < -0.39 is 12.1 Å². The number of carboxylic acid groups (broad SMARTS) is 1. The summed E-state index contributed by atoms with van der Waals surface area (Å²) in [5.41, 5.74) is 3.00. The molecule has 0 amide bonds. The SMILES string of the molecule is COc1ccccc1OC(CC/C=C/c1cc(C(C)=O)ccc1OCCc1nc(-c2ccccc2)oc1C)C(=O)O. The molecule has 212 valence electrons. The van der Waals surface area contributed by atoms with E-state index in [1.807, 2.05) is 49.4 Å². The minimum absolute atomic E-state index is 0.0611. The molecule has 8 heteroatoms. The summed E-state index contributed by atoms with van der Waals surface area (Å²) in [6, 6.07) is 21.9. The summed E-state index contributed by atoms with van der Waals surface area (Å²) < 4.78 is 22.9. The van der Waals surface area contributed by atoms with Crippen LogP contribution in [0.3, 0.4) is 0 Å². The smallest absolute Gasteiger partial charge is 0.344 e. The molecule has 1 atom stereocenters. The summed E-state index contributed by atoms with van der Waals surface area (Å²) in [6.07, 6.45) is 3.83. The van der Waals surface area contributed by atoms with Gasteiger partial charge >= 0.3 is 5.97 Å². The summed E-state index contributed by atoms with van der Waals surface area (Å²) in [7, 11) is 1.50. The predicted molar refractivity (Wildman–Crippen MR) is 156 cm³/mol. The summed E-state index contributed by atoms with van der Waals surface area (Å²) in [5.74, 6) is 1.63. The van der Waals surface area contributed by atoms with Crippen LogP contribution in [0.1, 0.15) is 47.1 Å². The van der Waals surface area contributed by atoms with Gasteiger partial charge in [0.1, 0.15) is 11.5 Å². The van der Waals surface area contributed by atoms with Crippen LogP contribution in [-0.4, -0.2) is 41.7 Å². The Morgan fingerprint density at radius 3 is 2.44 bits per heavy atom. The summed E-state index contributed by atoms with van der Waals surface area (Å²) >= 11 is 0. The number of Topliss-reactive ketones (excluding diaryl/α,β-unsaturated/α-hetero) is 1. The maximum absolute atomic E-state index is 12.0. The summed E-state index contributed by atoms with van der Waals surface area (Å²) in [5, 5.41) is 9.67. The number of hydrogen-bond donors (Lipinski definition) is 1. The number of aromatic nitrogens is 1. The summed E-state index contributed by atoms with van der Waals surface area (Å²) in [6.45, 7) is 3.75. The molecule has 1 heterocycles. The lowest BCUT2D eigenvalue weighted by molar-refractivity contribution is -0.145. The molecule has 0 spiro atoms. The van der Waals surface area contributed by atoms with Crippen molar-refractivity contribution in [1.82, 2.24) is 4.98 Å². The van der Waals surface area contributed by atoms with Crippen LogP contribution < -0.4 is 14.2 Å². The Morgan fingerprint density at radius 2 is 1.73 bits per heavy atom. The van der Waals surface area contributed by atoms with Crippen LogP contribution in [0.2, 0.25) is 0 Å². The number of carbonyl (C=O) groups is 2. The fraction of sp³-hybridized carbons (Fsp3) is 0.242. The van der Waals surface area contributed by atoms with Crippen LogP contribution in [-0.2, 0) is 11.2 Å². The molecule has 0 fully saturated rings. The summed E-state index contributed by atoms with van der Waals surface area (Å²) in [4.78, 5) is 28.5. The van der Waals surface area contributed by atoms with Crippen molar-refractivity contribution < 1.29 is 33.3 Å². The Kier molecular flexibility index (Phi) is 9.94. The largest absolute Gasteiger partial charge is 0.493 e. The Labute approximate surface area is 239 Å². The highest BCUT2D eigenvalue weighted by molar-refractivity contribution is 5.95. The van der Waals surface area contributed by atoms with E-state index in [2.05, 4.69) is 4.98 Å². The van der Waals surface area contributed by atoms with Gasteiger partial charge in [-0.15, -0.1) is 0 Å². The lowest BCUT2D eigenvalue weighted by Crippen LogP contribution is -2.26. The van der Waals surface area contributed by atoms with Crippen LogP contribution in [0, 0.1) is 6.92 Å². The molecule has 1 N–H and O–H groups in total. The third-order valence-electron chi connectivity index (χ3n) is 6.43. The Hall–Kier alpha value is -4.85. The van der Waals surface area contributed by atoms with E-state index in [0.29, 0.717) is 48.2 Å². The minimum Gasteiger partial charge on any atom is -0.493 e. The fourth-order valence-electron chi connectivity index (χ4n) is 4.21. The number of para-hydroxylation sites is 2. The number of carboxylic acids is 1. The first-order chi connectivity index (χ1) is 19.9. The second-order valence-electron chi connectivity index (χ2n) is 9.37. The highest BCUT2D eigenvalue weighted by Gasteiger charge is 2.20. The number of methoxy groups -OCH3 is 1. The van der Waals surface area contributed by atoms with Gasteiger partial charge in [0.25, 0.3) is 0 Å². The van der Waals surface area contributed by atoms with E-state index in [0.717, 1.165) is 22.6 Å². The zero-order valence-corrected chi connectivity index (χ0v) is 23.3.